The van der Waals surface area contributed by atoms with Crippen LogP contribution in [-0.2, 0) is 0 Å². The molecule has 3 rings (SSSR count). The van der Waals surface area contributed by atoms with E-state index in [2.05, 4.69) is 42.1 Å². The number of aromatic nitrogens is 2. The molecule has 2 aromatic heterocycles. The van der Waals surface area contributed by atoms with Gasteiger partial charge in [0.2, 0.25) is 5.28 Å². The lowest BCUT2D eigenvalue weighted by Crippen LogP contribution is -2.33. The fourth-order valence-corrected chi connectivity index (χ4v) is 4.28. The predicted molar refractivity (Wildman–Crippen MR) is 86.8 cm³/mol. The molecule has 0 amide bonds. The van der Waals surface area contributed by atoms with Crippen molar-refractivity contribution in [1.82, 2.24) is 9.97 Å². The molecule has 1 aliphatic carbocycles. The molecule has 0 spiro atoms. The lowest BCUT2D eigenvalue weighted by Gasteiger charge is -2.33. The van der Waals surface area contributed by atoms with Crippen LogP contribution >= 0.6 is 22.9 Å². The normalized spacial score (nSPS) is 26.9. The Labute approximate surface area is 128 Å². The summed E-state index contributed by atoms with van der Waals surface area (Å²) in [6.45, 7) is 6.76. The lowest BCUT2D eigenvalue weighted by atomic mass is 9.80. The first kappa shape index (κ1) is 14.1. The zero-order chi connectivity index (χ0) is 14.3. The molecule has 1 aliphatic rings. The third-order valence-corrected chi connectivity index (χ3v) is 5.36. The van der Waals surface area contributed by atoms with Gasteiger partial charge in [0.05, 0.1) is 5.39 Å². The Bertz CT molecular complexity index is 625. The van der Waals surface area contributed by atoms with Crippen LogP contribution in [0.1, 0.15) is 38.0 Å². The minimum Gasteiger partial charge on any atom is -0.366 e. The highest BCUT2D eigenvalue weighted by Gasteiger charge is 2.26. The Balaban J connectivity index is 1.90. The van der Waals surface area contributed by atoms with E-state index in [-0.39, 0.29) is 0 Å². The smallest absolute Gasteiger partial charge is 0.225 e. The molecular weight excluding hydrogens is 290 g/mol. The van der Waals surface area contributed by atoms with Gasteiger partial charge >= 0.3 is 0 Å². The number of hydrogen-bond donors (Lipinski definition) is 1. The molecule has 0 radical (unpaired) electrons. The van der Waals surface area contributed by atoms with Crippen LogP contribution in [0.25, 0.3) is 10.2 Å². The van der Waals surface area contributed by atoms with Crippen LogP contribution in [0.2, 0.25) is 5.28 Å². The van der Waals surface area contributed by atoms with Crippen molar-refractivity contribution >= 4 is 39.0 Å². The number of hydrogen-bond acceptors (Lipinski definition) is 4. The first-order valence-electron chi connectivity index (χ1n) is 7.23. The lowest BCUT2D eigenvalue weighted by molar-refractivity contribution is 0.276. The SMILES string of the molecule is Cc1cc2c(NC3CCC(C)CC3C)nc(Cl)nc2s1. The largest absolute Gasteiger partial charge is 0.366 e. The second-order valence-electron chi connectivity index (χ2n) is 6.06. The molecule has 2 heterocycles. The van der Waals surface area contributed by atoms with Gasteiger partial charge in [0.1, 0.15) is 10.6 Å². The molecule has 1 N–H and O–H groups in total. The van der Waals surface area contributed by atoms with Crippen molar-refractivity contribution in [3.8, 4) is 0 Å². The van der Waals surface area contributed by atoms with Crippen molar-refractivity contribution in [2.24, 2.45) is 11.8 Å². The van der Waals surface area contributed by atoms with Crippen LogP contribution in [0.4, 0.5) is 5.82 Å². The van der Waals surface area contributed by atoms with Gasteiger partial charge < -0.3 is 5.32 Å². The van der Waals surface area contributed by atoms with Crippen molar-refractivity contribution in [2.75, 3.05) is 5.32 Å². The molecule has 3 unspecified atom stereocenters. The van der Waals surface area contributed by atoms with Crippen LogP contribution in [0.15, 0.2) is 6.07 Å². The highest BCUT2D eigenvalue weighted by Crippen LogP contribution is 2.34. The van der Waals surface area contributed by atoms with Gasteiger partial charge in [0.15, 0.2) is 0 Å². The van der Waals surface area contributed by atoms with Gasteiger partial charge in [0, 0.05) is 10.9 Å². The van der Waals surface area contributed by atoms with E-state index in [1.165, 1.54) is 24.1 Å². The van der Waals surface area contributed by atoms with E-state index in [0.717, 1.165) is 22.0 Å². The number of fused-ring (bicyclic) bond motifs is 1. The van der Waals surface area contributed by atoms with Crippen LogP contribution in [0, 0.1) is 18.8 Å². The summed E-state index contributed by atoms with van der Waals surface area (Å²) in [5.74, 6) is 2.40. The number of halogens is 1. The maximum absolute atomic E-state index is 6.05. The fraction of sp³-hybridized carbons (Fsp3) is 0.600. The molecule has 0 saturated heterocycles. The van der Waals surface area contributed by atoms with E-state index in [0.29, 0.717) is 17.2 Å². The summed E-state index contributed by atoms with van der Waals surface area (Å²) in [4.78, 5) is 10.9. The Kier molecular flexibility index (Phi) is 3.87. The third kappa shape index (κ3) is 2.77. The maximum Gasteiger partial charge on any atom is 0.225 e. The van der Waals surface area contributed by atoms with Gasteiger partial charge in [-0.3, -0.25) is 0 Å². The van der Waals surface area contributed by atoms with Gasteiger partial charge in [0.25, 0.3) is 0 Å². The third-order valence-electron chi connectivity index (χ3n) is 4.24. The quantitative estimate of drug-likeness (QED) is 0.803. The number of anilines is 1. The second kappa shape index (κ2) is 5.49. The van der Waals surface area contributed by atoms with Crippen molar-refractivity contribution < 1.29 is 0 Å². The van der Waals surface area contributed by atoms with Crippen LogP contribution in [0.5, 0.6) is 0 Å². The molecular formula is C15H20ClN3S. The Morgan fingerprint density at radius 2 is 2.10 bits per heavy atom. The minimum absolute atomic E-state index is 0.332. The Morgan fingerprint density at radius 1 is 1.30 bits per heavy atom. The van der Waals surface area contributed by atoms with Gasteiger partial charge in [-0.1, -0.05) is 13.8 Å². The summed E-state index contributed by atoms with van der Waals surface area (Å²) in [6.07, 6.45) is 3.77. The van der Waals surface area contributed by atoms with E-state index in [1.54, 1.807) is 11.3 Å². The van der Waals surface area contributed by atoms with Crippen LogP contribution < -0.4 is 5.32 Å². The molecule has 20 heavy (non-hydrogen) atoms. The molecule has 3 nitrogen and oxygen atoms in total. The molecule has 2 aromatic rings. The highest BCUT2D eigenvalue weighted by atomic mass is 35.5. The first-order chi connectivity index (χ1) is 9.52. The standard InChI is InChI=1S/C15H20ClN3S/c1-8-4-5-12(9(2)6-8)17-13-11-7-10(3)20-14(11)19-15(16)18-13/h7-9,12H,4-6H2,1-3H3,(H,17,18,19). The zero-order valence-electron chi connectivity index (χ0n) is 12.1. The Morgan fingerprint density at radius 3 is 2.85 bits per heavy atom. The topological polar surface area (TPSA) is 37.8 Å². The van der Waals surface area contributed by atoms with Crippen molar-refractivity contribution in [2.45, 2.75) is 46.1 Å². The molecule has 3 atom stereocenters. The molecule has 5 heteroatoms. The van der Waals surface area contributed by atoms with E-state index >= 15 is 0 Å². The predicted octanol–water partition coefficient (Wildman–Crippen LogP) is 4.89. The van der Waals surface area contributed by atoms with Gasteiger partial charge in [-0.15, -0.1) is 11.3 Å². The average Bonchev–Trinajstić information content (AvgIpc) is 2.73. The number of nitrogens with one attached hydrogen (secondary N) is 1. The van der Waals surface area contributed by atoms with Gasteiger partial charge in [-0.25, -0.2) is 9.97 Å². The van der Waals surface area contributed by atoms with E-state index < -0.39 is 0 Å². The van der Waals surface area contributed by atoms with Crippen molar-refractivity contribution in [3.05, 3.63) is 16.2 Å². The summed E-state index contributed by atoms with van der Waals surface area (Å²) in [5.41, 5.74) is 0. The molecule has 0 aliphatic heterocycles. The maximum atomic E-state index is 6.05. The minimum atomic E-state index is 0.332. The van der Waals surface area contributed by atoms with Gasteiger partial charge in [-0.05, 0) is 55.7 Å². The van der Waals surface area contributed by atoms with Crippen LogP contribution in [0.3, 0.4) is 0 Å². The van der Waals surface area contributed by atoms with Crippen molar-refractivity contribution in [3.63, 3.8) is 0 Å². The van der Waals surface area contributed by atoms with E-state index in [9.17, 15) is 0 Å². The fourth-order valence-electron chi connectivity index (χ4n) is 3.18. The summed E-state index contributed by atoms with van der Waals surface area (Å²) in [6, 6.07) is 2.63. The van der Waals surface area contributed by atoms with Crippen LogP contribution in [-0.4, -0.2) is 16.0 Å². The number of aryl methyl sites for hydroxylation is 1. The average molecular weight is 310 g/mol. The molecule has 1 saturated carbocycles. The zero-order valence-corrected chi connectivity index (χ0v) is 13.7. The summed E-state index contributed by atoms with van der Waals surface area (Å²) >= 11 is 7.72. The Hall–Kier alpha value is -0.870. The second-order valence-corrected chi connectivity index (χ2v) is 7.64. The molecule has 1 fully saturated rings. The van der Waals surface area contributed by atoms with Gasteiger partial charge in [-0.2, -0.15) is 0 Å². The highest BCUT2D eigenvalue weighted by molar-refractivity contribution is 7.18. The van der Waals surface area contributed by atoms with E-state index in [1.807, 2.05) is 0 Å². The molecule has 108 valence electrons. The molecule has 0 bridgehead atoms. The first-order valence-corrected chi connectivity index (χ1v) is 8.42. The number of thiophene rings is 1. The summed E-state index contributed by atoms with van der Waals surface area (Å²) < 4.78 is 0. The van der Waals surface area contributed by atoms with E-state index in [4.69, 9.17) is 11.6 Å². The van der Waals surface area contributed by atoms with Crippen molar-refractivity contribution in [1.29, 1.82) is 0 Å². The number of rotatable bonds is 2. The summed E-state index contributed by atoms with van der Waals surface area (Å²) in [5, 5.41) is 5.05. The summed E-state index contributed by atoms with van der Waals surface area (Å²) in [7, 11) is 0. The molecule has 0 aromatic carbocycles. The monoisotopic (exact) mass is 309 g/mol. The number of nitrogens with zero attached hydrogens (tertiary/aromatic N) is 2.